The van der Waals surface area contributed by atoms with Crippen LogP contribution >= 0.6 is 0 Å². The summed E-state index contributed by atoms with van der Waals surface area (Å²) in [5.74, 6) is 0. The van der Waals surface area contributed by atoms with Crippen LogP contribution in [0.25, 0.3) is 0 Å². The van der Waals surface area contributed by atoms with Crippen LogP contribution in [0.1, 0.15) is 12.0 Å². The Bertz CT molecular complexity index is 575. The van der Waals surface area contributed by atoms with E-state index in [4.69, 9.17) is 5.26 Å². The molecule has 0 spiro atoms. The molecule has 0 saturated heterocycles. The summed E-state index contributed by atoms with van der Waals surface area (Å²) in [5, 5.41) is 9.13. The number of benzene rings is 1. The maximum atomic E-state index is 9.13. The fourth-order valence-electron chi connectivity index (χ4n) is 2.22. The normalized spacial score (nSPS) is 21.0. The second-order valence-electron chi connectivity index (χ2n) is 4.05. The Balaban J connectivity index is 2.02. The predicted molar refractivity (Wildman–Crippen MR) is 67.8 cm³/mol. The summed E-state index contributed by atoms with van der Waals surface area (Å²) in [6, 6.07) is 10.1. The number of hydrogen-bond donors (Lipinski definition) is 0. The van der Waals surface area contributed by atoms with Crippen molar-refractivity contribution in [2.75, 3.05) is 4.90 Å². The number of anilines is 1. The van der Waals surface area contributed by atoms with Gasteiger partial charge in [-0.25, -0.2) is 4.99 Å². The van der Waals surface area contributed by atoms with E-state index >= 15 is 0 Å². The summed E-state index contributed by atoms with van der Waals surface area (Å²) in [4.78, 5) is 6.47. The third kappa shape index (κ3) is 1.55. The molecule has 1 aliphatic carbocycles. The highest BCUT2D eigenvalue weighted by Crippen LogP contribution is 2.31. The number of hydrogen-bond acceptors (Lipinski definition) is 3. The molecule has 1 heterocycles. The SMILES string of the molecule is N#Cc1ccccc1N1C=NC2=CC=CCC21. The first-order chi connectivity index (χ1) is 8.40. The highest BCUT2D eigenvalue weighted by atomic mass is 15.2. The van der Waals surface area contributed by atoms with Crippen LogP contribution in [0.15, 0.2) is 53.2 Å². The topological polar surface area (TPSA) is 39.4 Å². The van der Waals surface area contributed by atoms with E-state index in [1.807, 2.05) is 42.8 Å². The first-order valence-electron chi connectivity index (χ1n) is 5.58. The Morgan fingerprint density at radius 2 is 2.24 bits per heavy atom. The second kappa shape index (κ2) is 3.91. The highest BCUT2D eigenvalue weighted by Gasteiger charge is 2.27. The fraction of sp³-hybridized carbons (Fsp3) is 0.143. The Morgan fingerprint density at radius 1 is 1.35 bits per heavy atom. The molecule has 17 heavy (non-hydrogen) atoms. The summed E-state index contributed by atoms with van der Waals surface area (Å²) < 4.78 is 0. The highest BCUT2D eigenvalue weighted by molar-refractivity contribution is 5.87. The first kappa shape index (κ1) is 9.86. The molecule has 0 amide bonds. The summed E-state index contributed by atoms with van der Waals surface area (Å²) in [6.45, 7) is 0. The van der Waals surface area contributed by atoms with Crippen LogP contribution in [0.5, 0.6) is 0 Å². The maximum absolute atomic E-state index is 9.13. The average Bonchev–Trinajstić information content (AvgIpc) is 2.82. The molecule has 0 aromatic heterocycles. The van der Waals surface area contributed by atoms with Gasteiger partial charge in [-0.3, -0.25) is 0 Å². The molecular weight excluding hydrogens is 210 g/mol. The fourth-order valence-corrected chi connectivity index (χ4v) is 2.22. The largest absolute Gasteiger partial charge is 0.322 e. The molecule has 0 saturated carbocycles. The summed E-state index contributed by atoms with van der Waals surface area (Å²) in [7, 11) is 0. The Hall–Kier alpha value is -2.34. The lowest BCUT2D eigenvalue weighted by molar-refractivity contribution is 0.783. The minimum absolute atomic E-state index is 0.245. The third-order valence-electron chi connectivity index (χ3n) is 3.07. The molecule has 1 aromatic carbocycles. The molecule has 0 N–H and O–H groups in total. The number of para-hydroxylation sites is 1. The standard InChI is InChI=1S/C14H11N3/c15-9-11-5-1-3-7-13(11)17-10-16-12-6-2-4-8-14(12)17/h1-7,10,14H,8H2. The minimum Gasteiger partial charge on any atom is -0.322 e. The molecule has 3 heteroatoms. The van der Waals surface area contributed by atoms with Crippen molar-refractivity contribution in [1.29, 1.82) is 5.26 Å². The van der Waals surface area contributed by atoms with E-state index in [1.54, 1.807) is 0 Å². The molecule has 1 aliphatic heterocycles. The van der Waals surface area contributed by atoms with Gasteiger partial charge in [-0.2, -0.15) is 5.26 Å². The van der Waals surface area contributed by atoms with Crippen LogP contribution in [0.4, 0.5) is 5.69 Å². The predicted octanol–water partition coefficient (Wildman–Crippen LogP) is 2.62. The van der Waals surface area contributed by atoms with Crippen molar-refractivity contribution < 1.29 is 0 Å². The number of rotatable bonds is 1. The van der Waals surface area contributed by atoms with Crippen molar-refractivity contribution in [2.24, 2.45) is 4.99 Å². The van der Waals surface area contributed by atoms with Crippen molar-refractivity contribution in [2.45, 2.75) is 12.5 Å². The molecule has 3 nitrogen and oxygen atoms in total. The smallest absolute Gasteiger partial charge is 0.101 e. The van der Waals surface area contributed by atoms with Gasteiger partial charge in [0.05, 0.1) is 29.3 Å². The zero-order valence-electron chi connectivity index (χ0n) is 9.24. The molecular formula is C14H11N3. The monoisotopic (exact) mass is 221 g/mol. The molecule has 0 bridgehead atoms. The summed E-state index contributed by atoms with van der Waals surface area (Å²) >= 11 is 0. The van der Waals surface area contributed by atoms with E-state index in [9.17, 15) is 0 Å². The quantitative estimate of drug-likeness (QED) is 0.731. The van der Waals surface area contributed by atoms with Gasteiger partial charge >= 0.3 is 0 Å². The number of fused-ring (bicyclic) bond motifs is 1. The van der Waals surface area contributed by atoms with Crippen molar-refractivity contribution >= 4 is 12.0 Å². The zero-order chi connectivity index (χ0) is 11.7. The van der Waals surface area contributed by atoms with E-state index in [0.29, 0.717) is 5.56 Å². The Labute approximate surface area is 100 Å². The van der Waals surface area contributed by atoms with Gasteiger partial charge in [-0.15, -0.1) is 0 Å². The lowest BCUT2D eigenvalue weighted by atomic mass is 10.0. The Morgan fingerprint density at radius 3 is 3.12 bits per heavy atom. The molecule has 82 valence electrons. The van der Waals surface area contributed by atoms with Gasteiger partial charge < -0.3 is 4.90 Å². The van der Waals surface area contributed by atoms with Crippen molar-refractivity contribution in [3.63, 3.8) is 0 Å². The van der Waals surface area contributed by atoms with E-state index in [1.165, 1.54) is 0 Å². The zero-order valence-corrected chi connectivity index (χ0v) is 9.24. The van der Waals surface area contributed by atoms with E-state index in [2.05, 4.69) is 22.0 Å². The first-order valence-corrected chi connectivity index (χ1v) is 5.58. The Kier molecular flexibility index (Phi) is 2.27. The maximum Gasteiger partial charge on any atom is 0.101 e. The van der Waals surface area contributed by atoms with Gasteiger partial charge in [0, 0.05) is 0 Å². The molecule has 2 aliphatic rings. The minimum atomic E-state index is 0.245. The summed E-state index contributed by atoms with van der Waals surface area (Å²) in [5.41, 5.74) is 2.69. The van der Waals surface area contributed by atoms with Gasteiger partial charge in [0.2, 0.25) is 0 Å². The molecule has 1 aromatic rings. The van der Waals surface area contributed by atoms with Crippen LogP contribution in [0, 0.1) is 11.3 Å². The van der Waals surface area contributed by atoms with Crippen LogP contribution in [0.3, 0.4) is 0 Å². The van der Waals surface area contributed by atoms with Gasteiger partial charge in [0.1, 0.15) is 6.07 Å². The van der Waals surface area contributed by atoms with Gasteiger partial charge in [-0.05, 0) is 24.6 Å². The van der Waals surface area contributed by atoms with Crippen molar-refractivity contribution in [3.8, 4) is 6.07 Å². The van der Waals surface area contributed by atoms with Gasteiger partial charge in [0.15, 0.2) is 0 Å². The number of nitrogens with zero attached hydrogens (tertiary/aromatic N) is 3. The molecule has 0 fully saturated rings. The van der Waals surface area contributed by atoms with Gasteiger partial charge in [0.25, 0.3) is 0 Å². The van der Waals surface area contributed by atoms with E-state index < -0.39 is 0 Å². The van der Waals surface area contributed by atoms with E-state index in [0.717, 1.165) is 17.8 Å². The van der Waals surface area contributed by atoms with Crippen molar-refractivity contribution in [3.05, 3.63) is 53.8 Å². The van der Waals surface area contributed by atoms with Crippen LogP contribution in [-0.2, 0) is 0 Å². The molecule has 0 radical (unpaired) electrons. The van der Waals surface area contributed by atoms with Crippen molar-refractivity contribution in [1.82, 2.24) is 0 Å². The number of nitriles is 1. The lowest BCUT2D eigenvalue weighted by Crippen LogP contribution is -2.31. The second-order valence-corrected chi connectivity index (χ2v) is 4.05. The summed E-state index contributed by atoms with van der Waals surface area (Å²) in [6.07, 6.45) is 8.94. The van der Waals surface area contributed by atoms with Crippen LogP contribution in [0.2, 0.25) is 0 Å². The number of aliphatic imine (C=N–C) groups is 1. The molecule has 1 unspecified atom stereocenters. The van der Waals surface area contributed by atoms with Crippen LogP contribution in [-0.4, -0.2) is 12.4 Å². The van der Waals surface area contributed by atoms with Gasteiger partial charge in [-0.1, -0.05) is 24.3 Å². The molecule has 3 rings (SSSR count). The number of allylic oxidation sites excluding steroid dienone is 2. The third-order valence-corrected chi connectivity index (χ3v) is 3.07. The average molecular weight is 221 g/mol. The van der Waals surface area contributed by atoms with Crippen LogP contribution < -0.4 is 4.90 Å². The lowest BCUT2D eigenvalue weighted by Gasteiger charge is -2.25. The molecule has 1 atom stereocenters. The van der Waals surface area contributed by atoms with E-state index in [-0.39, 0.29) is 6.04 Å².